The fourth-order valence-electron chi connectivity index (χ4n) is 3.47. The van der Waals surface area contributed by atoms with Crippen molar-refractivity contribution in [1.82, 2.24) is 18.7 Å². The number of imidazole rings is 1. The maximum absolute atomic E-state index is 12.9. The zero-order valence-electron chi connectivity index (χ0n) is 16.5. The molecule has 0 aliphatic carbocycles. The van der Waals surface area contributed by atoms with E-state index >= 15 is 0 Å². The molecule has 0 spiro atoms. The van der Waals surface area contributed by atoms with Gasteiger partial charge in [-0.2, -0.15) is 4.98 Å². The molecule has 1 fully saturated rings. The predicted molar refractivity (Wildman–Crippen MR) is 109 cm³/mol. The first kappa shape index (κ1) is 19.2. The third kappa shape index (κ3) is 3.49. The molecule has 0 bridgehead atoms. The minimum absolute atomic E-state index is 0.0797. The third-order valence-corrected chi connectivity index (χ3v) is 4.88. The van der Waals surface area contributed by atoms with Crippen molar-refractivity contribution in [2.45, 2.75) is 46.2 Å². The lowest BCUT2D eigenvalue weighted by atomic mass is 10.1. The van der Waals surface area contributed by atoms with Gasteiger partial charge >= 0.3 is 5.69 Å². The Hall–Kier alpha value is -2.61. The van der Waals surface area contributed by atoms with E-state index in [0.29, 0.717) is 30.2 Å². The van der Waals surface area contributed by atoms with Crippen LogP contribution in [0, 0.1) is 0 Å². The highest BCUT2D eigenvalue weighted by Gasteiger charge is 2.25. The van der Waals surface area contributed by atoms with E-state index in [2.05, 4.69) is 11.0 Å². The third-order valence-electron chi connectivity index (χ3n) is 4.88. The van der Waals surface area contributed by atoms with E-state index in [1.807, 2.05) is 25.3 Å². The molecule has 146 valence electrons. The smallest absolute Gasteiger partial charge is 0.336 e. The molecule has 1 saturated heterocycles. The van der Waals surface area contributed by atoms with Gasteiger partial charge in [0, 0.05) is 38.9 Å². The normalized spacial score (nSPS) is 17.8. The van der Waals surface area contributed by atoms with Crippen LogP contribution in [0.15, 0.2) is 27.3 Å². The van der Waals surface area contributed by atoms with Crippen LogP contribution in [-0.4, -0.2) is 37.8 Å². The number of nitrogens with zero attached hydrogens (tertiary/aromatic N) is 5. The molecular formula is C19H28N6O2. The summed E-state index contributed by atoms with van der Waals surface area (Å²) in [6.07, 6.45) is 7.42. The molecular weight excluding hydrogens is 344 g/mol. The van der Waals surface area contributed by atoms with Crippen molar-refractivity contribution in [3.8, 4) is 0 Å². The number of allylic oxidation sites excluding steroid dienone is 3. The van der Waals surface area contributed by atoms with Crippen LogP contribution < -0.4 is 21.9 Å². The van der Waals surface area contributed by atoms with E-state index in [1.54, 1.807) is 12.3 Å². The maximum atomic E-state index is 12.9. The molecule has 2 aromatic rings. The second kappa shape index (κ2) is 7.56. The van der Waals surface area contributed by atoms with Gasteiger partial charge in [0.1, 0.15) is 0 Å². The van der Waals surface area contributed by atoms with Gasteiger partial charge in [-0.25, -0.2) is 4.79 Å². The van der Waals surface area contributed by atoms with Crippen molar-refractivity contribution >= 4 is 23.3 Å². The second-order valence-corrected chi connectivity index (χ2v) is 7.32. The highest BCUT2D eigenvalue weighted by atomic mass is 16.2. The minimum Gasteiger partial charge on any atom is -0.341 e. The first-order valence-electron chi connectivity index (χ1n) is 9.33. The average Bonchev–Trinajstić information content (AvgIpc) is 3.01. The van der Waals surface area contributed by atoms with E-state index in [4.69, 9.17) is 10.7 Å². The van der Waals surface area contributed by atoms with Gasteiger partial charge in [-0.3, -0.25) is 13.9 Å². The Kier molecular flexibility index (Phi) is 5.36. The summed E-state index contributed by atoms with van der Waals surface area (Å²) in [5, 5.41) is 0. The number of hydrogen-bond acceptors (Lipinski definition) is 5. The molecule has 27 heavy (non-hydrogen) atoms. The van der Waals surface area contributed by atoms with Crippen LogP contribution in [0.2, 0.25) is 0 Å². The van der Waals surface area contributed by atoms with Crippen molar-refractivity contribution in [2.24, 2.45) is 12.8 Å². The van der Waals surface area contributed by atoms with Crippen LogP contribution in [0.1, 0.15) is 33.6 Å². The quantitative estimate of drug-likeness (QED) is 0.817. The Balaban J connectivity index is 2.34. The van der Waals surface area contributed by atoms with Crippen LogP contribution in [-0.2, 0) is 13.6 Å². The van der Waals surface area contributed by atoms with Gasteiger partial charge < -0.3 is 15.2 Å². The molecule has 3 rings (SSSR count). The Labute approximate surface area is 158 Å². The van der Waals surface area contributed by atoms with Crippen LogP contribution in [0.5, 0.6) is 0 Å². The van der Waals surface area contributed by atoms with Crippen LogP contribution in [0.25, 0.3) is 17.4 Å². The number of rotatable bonds is 4. The monoisotopic (exact) mass is 372 g/mol. The number of aromatic nitrogens is 4. The molecule has 0 radical (unpaired) electrons. The molecule has 0 amide bonds. The second-order valence-electron chi connectivity index (χ2n) is 7.32. The first-order chi connectivity index (χ1) is 12.8. The Morgan fingerprint density at radius 3 is 2.70 bits per heavy atom. The van der Waals surface area contributed by atoms with Crippen LogP contribution in [0.3, 0.4) is 0 Å². The molecule has 0 aromatic carbocycles. The summed E-state index contributed by atoms with van der Waals surface area (Å²) in [5.74, 6) is 0.693. The molecule has 1 aliphatic heterocycles. The summed E-state index contributed by atoms with van der Waals surface area (Å²) < 4.78 is 4.47. The molecule has 1 atom stereocenters. The lowest BCUT2D eigenvalue weighted by Crippen LogP contribution is -2.44. The molecule has 1 aliphatic rings. The van der Waals surface area contributed by atoms with Crippen molar-refractivity contribution < 1.29 is 0 Å². The van der Waals surface area contributed by atoms with Crippen molar-refractivity contribution in [1.29, 1.82) is 0 Å². The summed E-state index contributed by atoms with van der Waals surface area (Å²) in [5.41, 5.74) is 7.39. The molecule has 2 aromatic heterocycles. The van der Waals surface area contributed by atoms with Crippen molar-refractivity contribution in [2.75, 3.05) is 18.0 Å². The maximum Gasteiger partial charge on any atom is 0.336 e. The first-order valence-corrected chi connectivity index (χ1v) is 9.33. The number of piperidine rings is 1. The van der Waals surface area contributed by atoms with Gasteiger partial charge in [0.05, 0.1) is 0 Å². The van der Waals surface area contributed by atoms with E-state index in [1.165, 1.54) is 11.6 Å². The molecule has 8 nitrogen and oxygen atoms in total. The highest BCUT2D eigenvalue weighted by Crippen LogP contribution is 2.23. The Bertz CT molecular complexity index is 1020. The molecule has 2 N–H and O–H groups in total. The van der Waals surface area contributed by atoms with Gasteiger partial charge in [-0.1, -0.05) is 17.7 Å². The minimum atomic E-state index is -0.403. The summed E-state index contributed by atoms with van der Waals surface area (Å²) >= 11 is 0. The van der Waals surface area contributed by atoms with Crippen LogP contribution in [0.4, 0.5) is 5.95 Å². The molecule has 8 heteroatoms. The standard InChI is InChI=1S/C19H28N6O2/c1-5-9-25-16-15(17(26)22(4)19(25)27)24(11-8-13(2)3)18(21-16)23-10-6-7-14(20)12-23/h5,8-9,14H,6-7,10-12,20H2,1-4H3. The molecule has 1 unspecified atom stereocenters. The summed E-state index contributed by atoms with van der Waals surface area (Å²) in [6, 6.07) is 0.0797. The summed E-state index contributed by atoms with van der Waals surface area (Å²) in [6.45, 7) is 7.90. The number of fused-ring (bicyclic) bond motifs is 1. The van der Waals surface area contributed by atoms with Crippen LogP contribution >= 0.6 is 0 Å². The largest absolute Gasteiger partial charge is 0.341 e. The molecule has 0 saturated carbocycles. The SMILES string of the molecule is CC=Cn1c(=O)n(C)c(=O)c2c1nc(N1CCCC(N)C1)n2CC=C(C)C. The number of hydrogen-bond donors (Lipinski definition) is 1. The Morgan fingerprint density at radius 1 is 1.33 bits per heavy atom. The van der Waals surface area contributed by atoms with E-state index < -0.39 is 5.69 Å². The van der Waals surface area contributed by atoms with E-state index in [-0.39, 0.29) is 11.6 Å². The van der Waals surface area contributed by atoms with E-state index in [9.17, 15) is 9.59 Å². The van der Waals surface area contributed by atoms with Gasteiger partial charge in [-0.05, 0) is 33.6 Å². The fraction of sp³-hybridized carbons (Fsp3) is 0.526. The predicted octanol–water partition coefficient (Wildman–Crippen LogP) is 1.28. The van der Waals surface area contributed by atoms with Gasteiger partial charge in [-0.15, -0.1) is 0 Å². The average molecular weight is 372 g/mol. The summed E-state index contributed by atoms with van der Waals surface area (Å²) in [4.78, 5) is 32.4. The van der Waals surface area contributed by atoms with Gasteiger partial charge in [0.2, 0.25) is 5.95 Å². The fourth-order valence-corrected chi connectivity index (χ4v) is 3.47. The zero-order valence-corrected chi connectivity index (χ0v) is 16.5. The topological polar surface area (TPSA) is 91.1 Å². The number of nitrogens with two attached hydrogens (primary N) is 1. The highest BCUT2D eigenvalue weighted by molar-refractivity contribution is 5.76. The van der Waals surface area contributed by atoms with Gasteiger partial charge in [0.25, 0.3) is 5.56 Å². The summed E-state index contributed by atoms with van der Waals surface area (Å²) in [7, 11) is 1.50. The van der Waals surface area contributed by atoms with E-state index in [0.717, 1.165) is 29.5 Å². The lowest BCUT2D eigenvalue weighted by Gasteiger charge is -2.31. The number of anilines is 1. The van der Waals surface area contributed by atoms with Crippen molar-refractivity contribution in [3.63, 3.8) is 0 Å². The van der Waals surface area contributed by atoms with Gasteiger partial charge in [0.15, 0.2) is 11.2 Å². The lowest BCUT2D eigenvalue weighted by molar-refractivity contribution is 0.495. The van der Waals surface area contributed by atoms with Crippen molar-refractivity contribution in [3.05, 3.63) is 38.6 Å². The Morgan fingerprint density at radius 2 is 2.07 bits per heavy atom. The zero-order chi connectivity index (χ0) is 19.7. The molecule has 3 heterocycles.